The molecule has 2 heteroatoms. The van der Waals surface area contributed by atoms with Gasteiger partial charge >= 0.3 is 0 Å². The van der Waals surface area contributed by atoms with Gasteiger partial charge in [-0.1, -0.05) is 43.6 Å². The third kappa shape index (κ3) is 3.22. The van der Waals surface area contributed by atoms with Gasteiger partial charge in [-0.15, -0.1) is 0 Å². The standard InChI is InChI=1S/C13H20ClN/c1-9(2)8-12(15-4)11-7-5-6-10(3)13(11)14/h5-7,9,12,15H,8H2,1-4H3. The van der Waals surface area contributed by atoms with E-state index in [4.69, 9.17) is 11.6 Å². The molecular weight excluding hydrogens is 206 g/mol. The topological polar surface area (TPSA) is 12.0 Å². The van der Waals surface area contributed by atoms with Crippen molar-refractivity contribution in [3.8, 4) is 0 Å². The Bertz CT molecular complexity index is 320. The van der Waals surface area contributed by atoms with Crippen LogP contribution in [0, 0.1) is 12.8 Å². The van der Waals surface area contributed by atoms with E-state index in [2.05, 4.69) is 31.3 Å². The Balaban J connectivity index is 2.96. The van der Waals surface area contributed by atoms with Crippen LogP contribution < -0.4 is 5.32 Å². The largest absolute Gasteiger partial charge is 0.313 e. The van der Waals surface area contributed by atoms with Crippen LogP contribution in [-0.2, 0) is 0 Å². The summed E-state index contributed by atoms with van der Waals surface area (Å²) in [5, 5.41) is 4.23. The SMILES string of the molecule is CNC(CC(C)C)c1cccc(C)c1Cl. The van der Waals surface area contributed by atoms with Gasteiger partial charge < -0.3 is 5.32 Å². The Labute approximate surface area is 97.8 Å². The van der Waals surface area contributed by atoms with E-state index >= 15 is 0 Å². The van der Waals surface area contributed by atoms with Gasteiger partial charge in [0.25, 0.3) is 0 Å². The highest BCUT2D eigenvalue weighted by atomic mass is 35.5. The number of halogens is 1. The summed E-state index contributed by atoms with van der Waals surface area (Å²) < 4.78 is 0. The van der Waals surface area contributed by atoms with Crippen molar-refractivity contribution in [2.75, 3.05) is 7.05 Å². The van der Waals surface area contributed by atoms with Crippen LogP contribution in [0.4, 0.5) is 0 Å². The Morgan fingerprint density at radius 3 is 2.53 bits per heavy atom. The zero-order valence-electron chi connectivity index (χ0n) is 9.97. The maximum atomic E-state index is 6.31. The zero-order valence-corrected chi connectivity index (χ0v) is 10.7. The van der Waals surface area contributed by atoms with E-state index in [1.807, 2.05) is 20.0 Å². The molecular formula is C13H20ClN. The zero-order chi connectivity index (χ0) is 11.4. The quantitative estimate of drug-likeness (QED) is 0.818. The number of nitrogens with one attached hydrogen (secondary N) is 1. The molecule has 0 aliphatic carbocycles. The second-order valence-corrected chi connectivity index (χ2v) is 4.83. The fourth-order valence-electron chi connectivity index (χ4n) is 1.81. The molecule has 1 unspecified atom stereocenters. The van der Waals surface area contributed by atoms with Gasteiger partial charge in [-0.2, -0.15) is 0 Å². The van der Waals surface area contributed by atoms with Crippen molar-refractivity contribution >= 4 is 11.6 Å². The number of benzene rings is 1. The van der Waals surface area contributed by atoms with Gasteiger partial charge in [0.2, 0.25) is 0 Å². The lowest BCUT2D eigenvalue weighted by molar-refractivity contribution is 0.457. The van der Waals surface area contributed by atoms with Crippen molar-refractivity contribution in [2.24, 2.45) is 5.92 Å². The van der Waals surface area contributed by atoms with Crippen LogP contribution in [0.2, 0.25) is 5.02 Å². The van der Waals surface area contributed by atoms with Crippen molar-refractivity contribution < 1.29 is 0 Å². The van der Waals surface area contributed by atoms with Gasteiger partial charge in [0.1, 0.15) is 0 Å². The minimum Gasteiger partial charge on any atom is -0.313 e. The smallest absolute Gasteiger partial charge is 0.0482 e. The second-order valence-electron chi connectivity index (χ2n) is 4.45. The minimum absolute atomic E-state index is 0.359. The molecule has 1 aromatic carbocycles. The summed E-state index contributed by atoms with van der Waals surface area (Å²) in [4.78, 5) is 0. The summed E-state index contributed by atoms with van der Waals surface area (Å²) >= 11 is 6.31. The van der Waals surface area contributed by atoms with Gasteiger partial charge in [0, 0.05) is 11.1 Å². The first-order valence-electron chi connectivity index (χ1n) is 5.48. The molecule has 1 N–H and O–H groups in total. The van der Waals surface area contributed by atoms with Crippen LogP contribution >= 0.6 is 11.6 Å². The third-order valence-corrected chi connectivity index (χ3v) is 3.17. The number of hydrogen-bond acceptors (Lipinski definition) is 1. The van der Waals surface area contributed by atoms with E-state index in [0.29, 0.717) is 12.0 Å². The number of rotatable bonds is 4. The molecule has 0 amide bonds. The lowest BCUT2D eigenvalue weighted by Crippen LogP contribution is -2.18. The molecule has 0 spiro atoms. The molecule has 0 bridgehead atoms. The highest BCUT2D eigenvalue weighted by Gasteiger charge is 2.14. The van der Waals surface area contributed by atoms with Crippen LogP contribution in [0.25, 0.3) is 0 Å². The number of aryl methyl sites for hydroxylation is 1. The Kier molecular flexibility index (Phi) is 4.62. The van der Waals surface area contributed by atoms with E-state index in [1.54, 1.807) is 0 Å². The molecule has 15 heavy (non-hydrogen) atoms. The molecule has 0 heterocycles. The normalized spacial score (nSPS) is 13.2. The van der Waals surface area contributed by atoms with E-state index < -0.39 is 0 Å². The third-order valence-electron chi connectivity index (χ3n) is 2.65. The lowest BCUT2D eigenvalue weighted by atomic mass is 9.96. The predicted molar refractivity (Wildman–Crippen MR) is 67.4 cm³/mol. The van der Waals surface area contributed by atoms with Crippen LogP contribution in [0.15, 0.2) is 18.2 Å². The highest BCUT2D eigenvalue weighted by Crippen LogP contribution is 2.29. The maximum absolute atomic E-state index is 6.31. The molecule has 1 aromatic rings. The van der Waals surface area contributed by atoms with Gasteiger partial charge in [-0.25, -0.2) is 0 Å². The summed E-state index contributed by atoms with van der Waals surface area (Å²) in [7, 11) is 1.99. The average molecular weight is 226 g/mol. The predicted octanol–water partition coefficient (Wildman–Crippen LogP) is 3.96. The van der Waals surface area contributed by atoms with Crippen molar-refractivity contribution in [3.05, 3.63) is 34.3 Å². The molecule has 84 valence electrons. The summed E-state index contributed by atoms with van der Waals surface area (Å²) in [5.74, 6) is 0.666. The van der Waals surface area contributed by atoms with E-state index in [-0.39, 0.29) is 0 Å². The van der Waals surface area contributed by atoms with E-state index in [0.717, 1.165) is 17.0 Å². The molecule has 0 radical (unpaired) electrons. The number of hydrogen-bond donors (Lipinski definition) is 1. The molecule has 1 nitrogen and oxygen atoms in total. The van der Waals surface area contributed by atoms with Crippen LogP contribution in [-0.4, -0.2) is 7.05 Å². The highest BCUT2D eigenvalue weighted by molar-refractivity contribution is 6.32. The van der Waals surface area contributed by atoms with Gasteiger partial charge in [-0.05, 0) is 37.4 Å². The van der Waals surface area contributed by atoms with E-state index in [1.165, 1.54) is 5.56 Å². The molecule has 0 aliphatic rings. The first-order valence-corrected chi connectivity index (χ1v) is 5.86. The molecule has 0 fully saturated rings. The van der Waals surface area contributed by atoms with Crippen LogP contribution in [0.3, 0.4) is 0 Å². The first-order chi connectivity index (χ1) is 7.06. The van der Waals surface area contributed by atoms with Gasteiger partial charge in [-0.3, -0.25) is 0 Å². The lowest BCUT2D eigenvalue weighted by Gasteiger charge is -2.20. The first kappa shape index (κ1) is 12.5. The summed E-state index contributed by atoms with van der Waals surface area (Å²) in [5.41, 5.74) is 2.37. The molecule has 1 atom stereocenters. The fourth-order valence-corrected chi connectivity index (χ4v) is 2.07. The average Bonchev–Trinajstić information content (AvgIpc) is 2.19. The van der Waals surface area contributed by atoms with Crippen molar-refractivity contribution in [1.29, 1.82) is 0 Å². The van der Waals surface area contributed by atoms with E-state index in [9.17, 15) is 0 Å². The van der Waals surface area contributed by atoms with Crippen LogP contribution in [0.5, 0.6) is 0 Å². The molecule has 1 rings (SSSR count). The molecule has 0 saturated heterocycles. The van der Waals surface area contributed by atoms with Crippen molar-refractivity contribution in [2.45, 2.75) is 33.2 Å². The Hall–Kier alpha value is -0.530. The van der Waals surface area contributed by atoms with Crippen molar-refractivity contribution in [3.63, 3.8) is 0 Å². The molecule has 0 aliphatic heterocycles. The Morgan fingerprint density at radius 1 is 1.33 bits per heavy atom. The molecule has 0 saturated carbocycles. The molecule has 0 aromatic heterocycles. The summed E-state index contributed by atoms with van der Waals surface area (Å²) in [6.07, 6.45) is 1.11. The second kappa shape index (κ2) is 5.53. The Morgan fingerprint density at radius 2 is 2.00 bits per heavy atom. The van der Waals surface area contributed by atoms with Gasteiger partial charge in [0.15, 0.2) is 0 Å². The van der Waals surface area contributed by atoms with Crippen LogP contribution in [0.1, 0.15) is 37.4 Å². The van der Waals surface area contributed by atoms with Gasteiger partial charge in [0.05, 0.1) is 0 Å². The summed E-state index contributed by atoms with van der Waals surface area (Å²) in [6, 6.07) is 6.59. The monoisotopic (exact) mass is 225 g/mol. The maximum Gasteiger partial charge on any atom is 0.0482 e. The minimum atomic E-state index is 0.359. The van der Waals surface area contributed by atoms with Crippen molar-refractivity contribution in [1.82, 2.24) is 5.32 Å². The summed E-state index contributed by atoms with van der Waals surface area (Å²) in [6.45, 7) is 6.51. The fraction of sp³-hybridized carbons (Fsp3) is 0.538.